The highest BCUT2D eigenvalue weighted by Gasteiger charge is 2.38. The minimum Gasteiger partial charge on any atom is -0.395 e. The zero-order chi connectivity index (χ0) is 13.2. The minimum absolute atomic E-state index is 0.107. The summed E-state index contributed by atoms with van der Waals surface area (Å²) in [6, 6.07) is 9.21. The van der Waals surface area contributed by atoms with Crippen molar-refractivity contribution in [1.82, 2.24) is 4.31 Å². The van der Waals surface area contributed by atoms with Crippen molar-refractivity contribution in [2.45, 2.75) is 25.4 Å². The molecule has 1 aromatic carbocycles. The van der Waals surface area contributed by atoms with Gasteiger partial charge in [0.2, 0.25) is 10.0 Å². The number of hydrogen-bond acceptors (Lipinski definition) is 3. The lowest BCUT2D eigenvalue weighted by Gasteiger charge is -2.28. The van der Waals surface area contributed by atoms with Gasteiger partial charge in [0.15, 0.2) is 0 Å². The first-order valence-corrected chi connectivity index (χ1v) is 7.99. The molecule has 0 aliphatic heterocycles. The lowest BCUT2D eigenvalue weighted by Crippen LogP contribution is -2.42. The molecular weight excluding hydrogens is 250 g/mol. The second kappa shape index (κ2) is 5.38. The van der Waals surface area contributed by atoms with Gasteiger partial charge in [-0.2, -0.15) is 4.31 Å². The predicted octanol–water partition coefficient (Wildman–Crippen LogP) is 1.22. The van der Waals surface area contributed by atoms with E-state index in [1.165, 1.54) is 10.6 Å². The molecule has 0 radical (unpaired) electrons. The quantitative estimate of drug-likeness (QED) is 0.844. The van der Waals surface area contributed by atoms with Crippen LogP contribution >= 0.6 is 0 Å². The molecule has 1 aliphatic carbocycles. The normalized spacial score (nSPS) is 17.9. The summed E-state index contributed by atoms with van der Waals surface area (Å²) in [5.41, 5.74) is 0.946. The molecule has 4 nitrogen and oxygen atoms in total. The highest BCUT2D eigenvalue weighted by molar-refractivity contribution is 7.88. The van der Waals surface area contributed by atoms with E-state index in [1.807, 2.05) is 30.3 Å². The Morgan fingerprint density at radius 1 is 1.33 bits per heavy atom. The van der Waals surface area contributed by atoms with E-state index in [4.69, 9.17) is 0 Å². The molecule has 1 unspecified atom stereocenters. The van der Waals surface area contributed by atoms with Gasteiger partial charge in [0, 0.05) is 6.54 Å². The molecule has 0 amide bonds. The Balaban J connectivity index is 2.20. The summed E-state index contributed by atoms with van der Waals surface area (Å²) in [6.07, 6.45) is 3.22. The molecule has 100 valence electrons. The van der Waals surface area contributed by atoms with E-state index in [1.54, 1.807) is 0 Å². The number of nitrogens with zero attached hydrogens (tertiary/aromatic N) is 1. The second-order valence-electron chi connectivity index (χ2n) is 4.88. The smallest absolute Gasteiger partial charge is 0.211 e. The van der Waals surface area contributed by atoms with Crippen LogP contribution in [0.1, 0.15) is 18.4 Å². The zero-order valence-electron chi connectivity index (χ0n) is 10.5. The summed E-state index contributed by atoms with van der Waals surface area (Å²) in [7, 11) is -3.31. The molecule has 5 heteroatoms. The van der Waals surface area contributed by atoms with Crippen LogP contribution in [0.25, 0.3) is 0 Å². The van der Waals surface area contributed by atoms with E-state index >= 15 is 0 Å². The number of rotatable bonds is 6. The number of aliphatic hydroxyl groups excluding tert-OH is 1. The van der Waals surface area contributed by atoms with Gasteiger partial charge in [-0.25, -0.2) is 8.42 Å². The Labute approximate surface area is 108 Å². The molecule has 0 spiro atoms. The molecule has 1 fully saturated rings. The van der Waals surface area contributed by atoms with Crippen molar-refractivity contribution < 1.29 is 13.5 Å². The van der Waals surface area contributed by atoms with Gasteiger partial charge in [0.1, 0.15) is 0 Å². The second-order valence-corrected chi connectivity index (χ2v) is 6.82. The summed E-state index contributed by atoms with van der Waals surface area (Å²) in [5, 5.41) is 9.44. The fourth-order valence-corrected chi connectivity index (χ4v) is 3.31. The molecule has 0 bridgehead atoms. The maximum atomic E-state index is 11.9. The fraction of sp³-hybridized carbons (Fsp3) is 0.538. The van der Waals surface area contributed by atoms with Gasteiger partial charge in [-0.1, -0.05) is 30.3 Å². The lowest BCUT2D eigenvalue weighted by molar-refractivity contribution is 0.167. The van der Waals surface area contributed by atoms with Crippen LogP contribution in [0.4, 0.5) is 0 Å². The monoisotopic (exact) mass is 269 g/mol. The van der Waals surface area contributed by atoms with Gasteiger partial charge in [0.25, 0.3) is 0 Å². The Kier molecular flexibility index (Phi) is 4.04. The SMILES string of the molecule is CS(=O)(=O)N(Cc1ccccc1)C(CO)C1CC1. The van der Waals surface area contributed by atoms with Gasteiger partial charge >= 0.3 is 0 Å². The van der Waals surface area contributed by atoms with E-state index in [0.717, 1.165) is 18.4 Å². The summed E-state index contributed by atoms with van der Waals surface area (Å²) >= 11 is 0. The third-order valence-corrected chi connectivity index (χ3v) is 4.58. The average Bonchev–Trinajstić information content (AvgIpc) is 3.13. The molecule has 2 rings (SSSR count). The Hall–Kier alpha value is -0.910. The van der Waals surface area contributed by atoms with E-state index in [0.29, 0.717) is 12.5 Å². The van der Waals surface area contributed by atoms with Crippen molar-refractivity contribution >= 4 is 10.0 Å². The number of benzene rings is 1. The van der Waals surface area contributed by atoms with Crippen LogP contribution in [0.2, 0.25) is 0 Å². The van der Waals surface area contributed by atoms with Crippen LogP contribution in [-0.4, -0.2) is 36.7 Å². The largest absolute Gasteiger partial charge is 0.395 e. The van der Waals surface area contributed by atoms with Crippen LogP contribution in [0.15, 0.2) is 30.3 Å². The standard InChI is InChI=1S/C13H19NO3S/c1-18(16,17)14(13(10-15)12-7-8-12)9-11-5-3-2-4-6-11/h2-6,12-13,15H,7-10H2,1H3. The maximum absolute atomic E-state index is 11.9. The molecule has 0 heterocycles. The highest BCUT2D eigenvalue weighted by Crippen LogP contribution is 2.36. The summed E-state index contributed by atoms with van der Waals surface area (Å²) in [4.78, 5) is 0. The minimum atomic E-state index is -3.31. The first-order valence-electron chi connectivity index (χ1n) is 6.14. The van der Waals surface area contributed by atoms with Crippen LogP contribution in [-0.2, 0) is 16.6 Å². The van der Waals surface area contributed by atoms with Crippen LogP contribution < -0.4 is 0 Å². The summed E-state index contributed by atoms with van der Waals surface area (Å²) < 4.78 is 25.2. The Bertz CT molecular complexity index is 482. The highest BCUT2D eigenvalue weighted by atomic mass is 32.2. The molecular formula is C13H19NO3S. The molecule has 1 aromatic rings. The van der Waals surface area contributed by atoms with E-state index in [2.05, 4.69) is 0 Å². The van der Waals surface area contributed by atoms with E-state index < -0.39 is 10.0 Å². The summed E-state index contributed by atoms with van der Waals surface area (Å²) in [5.74, 6) is 0.313. The molecule has 18 heavy (non-hydrogen) atoms. The van der Waals surface area contributed by atoms with Crippen molar-refractivity contribution in [2.24, 2.45) is 5.92 Å². The van der Waals surface area contributed by atoms with Gasteiger partial charge in [-0.3, -0.25) is 0 Å². The van der Waals surface area contributed by atoms with Gasteiger partial charge in [-0.05, 0) is 24.3 Å². The van der Waals surface area contributed by atoms with Crippen molar-refractivity contribution in [2.75, 3.05) is 12.9 Å². The zero-order valence-corrected chi connectivity index (χ0v) is 11.3. The van der Waals surface area contributed by atoms with Gasteiger partial charge in [0.05, 0.1) is 18.9 Å². The third-order valence-electron chi connectivity index (χ3n) is 3.33. The van der Waals surface area contributed by atoms with Crippen LogP contribution in [0.3, 0.4) is 0 Å². The summed E-state index contributed by atoms with van der Waals surface area (Å²) in [6.45, 7) is 0.228. The first-order chi connectivity index (χ1) is 8.52. The molecule has 0 aromatic heterocycles. The number of aliphatic hydroxyl groups is 1. The molecule has 1 saturated carbocycles. The first kappa shape index (κ1) is 13.5. The van der Waals surface area contributed by atoms with Gasteiger partial charge in [-0.15, -0.1) is 0 Å². The number of sulfonamides is 1. The van der Waals surface area contributed by atoms with Crippen molar-refractivity contribution in [3.8, 4) is 0 Å². The van der Waals surface area contributed by atoms with Crippen molar-refractivity contribution in [3.63, 3.8) is 0 Å². The van der Waals surface area contributed by atoms with Crippen molar-refractivity contribution in [3.05, 3.63) is 35.9 Å². The molecule has 1 N–H and O–H groups in total. The third kappa shape index (κ3) is 3.31. The van der Waals surface area contributed by atoms with E-state index in [9.17, 15) is 13.5 Å². The number of hydrogen-bond donors (Lipinski definition) is 1. The average molecular weight is 269 g/mol. The Morgan fingerprint density at radius 3 is 2.39 bits per heavy atom. The Morgan fingerprint density at radius 2 is 1.94 bits per heavy atom. The fourth-order valence-electron chi connectivity index (χ4n) is 2.20. The predicted molar refractivity (Wildman–Crippen MR) is 70.4 cm³/mol. The van der Waals surface area contributed by atoms with E-state index in [-0.39, 0.29) is 12.6 Å². The van der Waals surface area contributed by atoms with Crippen LogP contribution in [0, 0.1) is 5.92 Å². The topological polar surface area (TPSA) is 57.6 Å². The van der Waals surface area contributed by atoms with Gasteiger partial charge < -0.3 is 5.11 Å². The maximum Gasteiger partial charge on any atom is 0.211 e. The molecule has 1 atom stereocenters. The lowest BCUT2D eigenvalue weighted by atomic mass is 10.1. The molecule has 1 aliphatic rings. The molecule has 0 saturated heterocycles. The van der Waals surface area contributed by atoms with Crippen LogP contribution in [0.5, 0.6) is 0 Å². The van der Waals surface area contributed by atoms with Crippen molar-refractivity contribution in [1.29, 1.82) is 0 Å².